The zero-order chi connectivity index (χ0) is 22.9. The second kappa shape index (κ2) is 9.49. The van der Waals surface area contributed by atoms with Gasteiger partial charge in [0.15, 0.2) is 0 Å². The van der Waals surface area contributed by atoms with Crippen molar-refractivity contribution >= 4 is 33.7 Å². The van der Waals surface area contributed by atoms with Gasteiger partial charge in [-0.05, 0) is 31.7 Å². The lowest BCUT2D eigenvalue weighted by Gasteiger charge is -2.34. The molecule has 3 aliphatic rings. The third-order valence-electron chi connectivity index (χ3n) is 6.71. The number of hydrogen-bond acceptors (Lipinski definition) is 6. The number of hydrogen-bond donors (Lipinski definition) is 2. The van der Waals surface area contributed by atoms with Crippen LogP contribution in [0.1, 0.15) is 31.7 Å². The summed E-state index contributed by atoms with van der Waals surface area (Å²) < 4.78 is 11.6. The number of amides is 2. The third kappa shape index (κ3) is 3.84. The van der Waals surface area contributed by atoms with Crippen LogP contribution >= 0.6 is 15.9 Å². The minimum atomic E-state index is -1.08. The summed E-state index contributed by atoms with van der Waals surface area (Å²) in [7, 11) is 0. The molecule has 2 bridgehead atoms. The van der Waals surface area contributed by atoms with E-state index in [0.717, 1.165) is 5.56 Å². The first-order valence-electron chi connectivity index (χ1n) is 11.2. The van der Waals surface area contributed by atoms with Gasteiger partial charge in [-0.1, -0.05) is 46.3 Å². The average molecular weight is 509 g/mol. The maximum absolute atomic E-state index is 13.6. The molecule has 32 heavy (non-hydrogen) atoms. The van der Waals surface area contributed by atoms with E-state index in [9.17, 15) is 19.5 Å². The highest BCUT2D eigenvalue weighted by Gasteiger charge is 2.76. The van der Waals surface area contributed by atoms with Gasteiger partial charge < -0.3 is 24.8 Å². The van der Waals surface area contributed by atoms with Crippen molar-refractivity contribution in [2.24, 2.45) is 11.8 Å². The summed E-state index contributed by atoms with van der Waals surface area (Å²) in [4.78, 5) is 41.2. The molecule has 3 unspecified atom stereocenters. The Bertz CT molecular complexity index is 867. The molecule has 4 rings (SSSR count). The van der Waals surface area contributed by atoms with Gasteiger partial charge in [-0.15, -0.1) is 0 Å². The monoisotopic (exact) mass is 508 g/mol. The number of carbonyl (C=O) groups is 3. The molecule has 3 fully saturated rings. The second-order valence-corrected chi connectivity index (χ2v) is 9.76. The van der Waals surface area contributed by atoms with Crippen molar-refractivity contribution in [1.82, 2.24) is 10.2 Å². The number of unbranched alkanes of at least 4 members (excludes halogenated alkanes) is 1. The van der Waals surface area contributed by atoms with Crippen LogP contribution in [0, 0.1) is 11.8 Å². The Labute approximate surface area is 195 Å². The van der Waals surface area contributed by atoms with Crippen LogP contribution in [0.2, 0.25) is 0 Å². The highest BCUT2D eigenvalue weighted by atomic mass is 79.9. The van der Waals surface area contributed by atoms with Gasteiger partial charge in [0.25, 0.3) is 0 Å². The number of likely N-dealkylation sites (tertiary alicyclic amines) is 1. The van der Waals surface area contributed by atoms with Gasteiger partial charge >= 0.3 is 5.97 Å². The first kappa shape index (κ1) is 23.2. The Kier molecular flexibility index (Phi) is 6.88. The van der Waals surface area contributed by atoms with Crippen LogP contribution in [0.5, 0.6) is 0 Å². The number of esters is 1. The maximum Gasteiger partial charge on any atom is 0.312 e. The third-order valence-corrected chi connectivity index (χ3v) is 7.56. The zero-order valence-corrected chi connectivity index (χ0v) is 19.6. The van der Waals surface area contributed by atoms with Crippen molar-refractivity contribution in [3.05, 3.63) is 35.9 Å². The van der Waals surface area contributed by atoms with Gasteiger partial charge in [0.2, 0.25) is 11.8 Å². The van der Waals surface area contributed by atoms with E-state index in [1.54, 1.807) is 11.8 Å². The molecular weight excluding hydrogens is 480 g/mol. The number of aliphatic hydroxyl groups excluding tert-OH is 1. The predicted molar refractivity (Wildman–Crippen MR) is 119 cm³/mol. The number of nitrogens with zero attached hydrogens (tertiary/aromatic N) is 1. The SMILES string of the molecule is CCOC(=O)[C@H]1[C@H]2C(=O)N(CCCCO)C(C(=O)NCc3ccccc3)C23CC(Br)[C@@H]1O3. The number of aliphatic hydroxyl groups is 1. The number of alkyl halides is 1. The number of carbonyl (C=O) groups excluding carboxylic acids is 3. The normalized spacial score (nSPS) is 32.8. The first-order chi connectivity index (χ1) is 15.4. The smallest absolute Gasteiger partial charge is 0.312 e. The van der Waals surface area contributed by atoms with Crippen LogP contribution < -0.4 is 5.32 Å². The van der Waals surface area contributed by atoms with Crippen LogP contribution in [0.3, 0.4) is 0 Å². The van der Waals surface area contributed by atoms with Crippen LogP contribution in [-0.4, -0.2) is 70.1 Å². The fraction of sp³-hybridized carbons (Fsp3) is 0.609. The lowest BCUT2D eigenvalue weighted by atomic mass is 9.70. The second-order valence-electron chi connectivity index (χ2n) is 8.58. The van der Waals surface area contributed by atoms with E-state index in [4.69, 9.17) is 9.47 Å². The van der Waals surface area contributed by atoms with Crippen LogP contribution in [0.25, 0.3) is 0 Å². The Hall–Kier alpha value is -1.97. The van der Waals surface area contributed by atoms with Crippen molar-refractivity contribution in [2.75, 3.05) is 19.8 Å². The molecule has 0 saturated carbocycles. The lowest BCUT2D eigenvalue weighted by Crippen LogP contribution is -2.55. The fourth-order valence-corrected chi connectivity index (χ4v) is 6.40. The minimum Gasteiger partial charge on any atom is -0.466 e. The first-order valence-corrected chi connectivity index (χ1v) is 12.1. The summed E-state index contributed by atoms with van der Waals surface area (Å²) >= 11 is 3.62. The van der Waals surface area contributed by atoms with E-state index >= 15 is 0 Å². The molecule has 0 aliphatic carbocycles. The average Bonchev–Trinajstić information content (AvgIpc) is 3.37. The molecule has 1 aromatic carbocycles. The number of ether oxygens (including phenoxy) is 2. The van der Waals surface area contributed by atoms with Gasteiger partial charge in [0, 0.05) is 24.5 Å². The summed E-state index contributed by atoms with van der Waals surface area (Å²) in [6.07, 6.45) is 1.03. The number of halogens is 1. The van der Waals surface area contributed by atoms with E-state index in [2.05, 4.69) is 21.2 Å². The van der Waals surface area contributed by atoms with Gasteiger partial charge in [0.1, 0.15) is 11.6 Å². The van der Waals surface area contributed by atoms with Gasteiger partial charge in [0.05, 0.1) is 24.5 Å². The summed E-state index contributed by atoms with van der Waals surface area (Å²) in [6, 6.07) is 8.71. The molecule has 6 atom stereocenters. The Morgan fingerprint density at radius 3 is 2.75 bits per heavy atom. The van der Waals surface area contributed by atoms with Crippen molar-refractivity contribution < 1.29 is 29.0 Å². The van der Waals surface area contributed by atoms with Crippen molar-refractivity contribution in [3.63, 3.8) is 0 Å². The summed E-state index contributed by atoms with van der Waals surface area (Å²) in [5.74, 6) is -2.49. The van der Waals surface area contributed by atoms with Crippen LogP contribution in [0.4, 0.5) is 0 Å². The summed E-state index contributed by atoms with van der Waals surface area (Å²) in [6.45, 7) is 2.60. The van der Waals surface area contributed by atoms with Crippen molar-refractivity contribution in [1.29, 1.82) is 0 Å². The summed E-state index contributed by atoms with van der Waals surface area (Å²) in [5.41, 5.74) is -0.127. The van der Waals surface area contributed by atoms with Crippen molar-refractivity contribution in [2.45, 2.75) is 55.3 Å². The van der Waals surface area contributed by atoms with E-state index < -0.39 is 35.6 Å². The van der Waals surface area contributed by atoms with E-state index in [0.29, 0.717) is 32.4 Å². The van der Waals surface area contributed by atoms with Crippen molar-refractivity contribution in [3.8, 4) is 0 Å². The molecule has 1 aromatic rings. The highest BCUT2D eigenvalue weighted by Crippen LogP contribution is 2.60. The van der Waals surface area contributed by atoms with Gasteiger partial charge in [-0.25, -0.2) is 0 Å². The predicted octanol–water partition coefficient (Wildman–Crippen LogP) is 1.39. The molecule has 174 valence electrons. The quantitative estimate of drug-likeness (QED) is 0.296. The molecule has 1 spiro atoms. The van der Waals surface area contributed by atoms with E-state index in [1.807, 2.05) is 30.3 Å². The number of nitrogens with one attached hydrogen (secondary N) is 1. The van der Waals surface area contributed by atoms with Gasteiger partial charge in [-0.2, -0.15) is 0 Å². The maximum atomic E-state index is 13.6. The molecule has 9 heteroatoms. The molecule has 2 N–H and O–H groups in total. The molecule has 3 aliphatic heterocycles. The fourth-order valence-electron chi connectivity index (χ4n) is 5.45. The largest absolute Gasteiger partial charge is 0.466 e. The van der Waals surface area contributed by atoms with Gasteiger partial charge in [-0.3, -0.25) is 14.4 Å². The molecular formula is C23H29BrN2O6. The molecule has 8 nitrogen and oxygen atoms in total. The molecule has 0 radical (unpaired) electrons. The van der Waals surface area contributed by atoms with E-state index in [1.165, 1.54) is 0 Å². The lowest BCUT2D eigenvalue weighted by molar-refractivity contribution is -0.154. The zero-order valence-electron chi connectivity index (χ0n) is 18.0. The highest BCUT2D eigenvalue weighted by molar-refractivity contribution is 9.09. The van der Waals surface area contributed by atoms with Crippen LogP contribution in [-0.2, 0) is 30.4 Å². The standard InChI is InChI=1S/C23H29BrN2O6/c1-2-31-22(30)16-17-21(29)26(10-6-7-11-27)19(23(17)12-15(24)18(16)32-23)20(28)25-13-14-8-4-3-5-9-14/h3-5,8-9,15-19,27H,2,6-7,10-13H2,1H3,(H,25,28)/t15?,16-,17-,18-,19?,23?/m0/s1. The van der Waals surface area contributed by atoms with E-state index in [-0.39, 0.29) is 29.9 Å². The molecule has 3 heterocycles. The Balaban J connectivity index is 1.63. The Morgan fingerprint density at radius 1 is 1.31 bits per heavy atom. The number of rotatable bonds is 9. The molecule has 3 saturated heterocycles. The van der Waals surface area contributed by atoms with Crippen LogP contribution in [0.15, 0.2) is 30.3 Å². The topological polar surface area (TPSA) is 105 Å². The summed E-state index contributed by atoms with van der Waals surface area (Å²) in [5, 5.41) is 12.2. The Morgan fingerprint density at radius 2 is 2.06 bits per heavy atom. The number of benzene rings is 1. The number of fused-ring (bicyclic) bond motifs is 1. The molecule has 0 aromatic heterocycles. The minimum absolute atomic E-state index is 0.00890. The molecule has 2 amide bonds.